The molecule has 0 saturated carbocycles. The van der Waals surface area contributed by atoms with E-state index >= 15 is 0 Å². The minimum Gasteiger partial charge on any atom is -0.507 e. The summed E-state index contributed by atoms with van der Waals surface area (Å²) in [5.41, 5.74) is 2.20. The van der Waals surface area contributed by atoms with Crippen LogP contribution in [0.3, 0.4) is 0 Å². The molecular formula is C31H54O3. The van der Waals surface area contributed by atoms with Crippen LogP contribution in [0.15, 0.2) is 12.1 Å². The summed E-state index contributed by atoms with van der Waals surface area (Å²) in [5, 5.41) is 10.5. The Morgan fingerprint density at radius 2 is 1.03 bits per heavy atom. The third kappa shape index (κ3) is 12.8. The number of hydrogen-bond acceptors (Lipinski definition) is 3. The predicted molar refractivity (Wildman–Crippen MR) is 146 cm³/mol. The highest BCUT2D eigenvalue weighted by molar-refractivity contribution is 5.90. The molecule has 3 nitrogen and oxygen atoms in total. The molecule has 0 amide bonds. The summed E-state index contributed by atoms with van der Waals surface area (Å²) in [4.78, 5) is 12.6. The first-order chi connectivity index (χ1) is 16.4. The number of carbonyl (C=O) groups is 1. The van der Waals surface area contributed by atoms with Gasteiger partial charge in [-0.1, -0.05) is 131 Å². The average molecular weight is 475 g/mol. The van der Waals surface area contributed by atoms with E-state index in [1.165, 1.54) is 89.9 Å². The highest BCUT2D eigenvalue weighted by Gasteiger charge is 2.18. The van der Waals surface area contributed by atoms with Crippen molar-refractivity contribution < 1.29 is 14.6 Å². The van der Waals surface area contributed by atoms with Crippen molar-refractivity contribution in [1.82, 2.24) is 0 Å². The van der Waals surface area contributed by atoms with Crippen molar-refractivity contribution in [1.29, 1.82) is 0 Å². The lowest BCUT2D eigenvalue weighted by Gasteiger charge is -2.17. The molecule has 1 rings (SSSR count). The molecule has 0 fully saturated rings. The standard InChI is InChI=1S/C31H54O3/c1-6-7-8-9-10-11-12-13-14-15-16-17-18-19-20-21-22-34-31(33)27-23-28(25(2)3)30(32)29(24-27)26(4)5/h23-26,32H,6-22H2,1-5H3. The number of aromatic hydroxyl groups is 1. The van der Waals surface area contributed by atoms with Crippen LogP contribution in [0.4, 0.5) is 0 Å². The molecule has 196 valence electrons. The van der Waals surface area contributed by atoms with Crippen molar-refractivity contribution in [3.8, 4) is 5.75 Å². The van der Waals surface area contributed by atoms with Gasteiger partial charge in [0.05, 0.1) is 12.2 Å². The Labute approximate surface area is 211 Å². The van der Waals surface area contributed by atoms with Gasteiger partial charge in [-0.05, 0) is 41.5 Å². The van der Waals surface area contributed by atoms with E-state index in [4.69, 9.17) is 4.74 Å². The van der Waals surface area contributed by atoms with Crippen LogP contribution in [0, 0.1) is 0 Å². The lowest BCUT2D eigenvalue weighted by molar-refractivity contribution is 0.0497. The molecule has 0 aliphatic rings. The van der Waals surface area contributed by atoms with Crippen molar-refractivity contribution in [3.05, 3.63) is 28.8 Å². The number of ether oxygens (including phenoxy) is 1. The number of rotatable bonds is 20. The fourth-order valence-corrected chi connectivity index (χ4v) is 4.58. The van der Waals surface area contributed by atoms with Gasteiger partial charge in [0.15, 0.2) is 0 Å². The molecule has 1 aromatic carbocycles. The van der Waals surface area contributed by atoms with Crippen LogP contribution < -0.4 is 0 Å². The van der Waals surface area contributed by atoms with Gasteiger partial charge in [0, 0.05) is 0 Å². The number of phenolic OH excluding ortho intramolecular Hbond substituents is 1. The monoisotopic (exact) mass is 474 g/mol. The van der Waals surface area contributed by atoms with Gasteiger partial charge in [0.25, 0.3) is 0 Å². The number of carbonyl (C=O) groups excluding carboxylic acids is 1. The molecule has 3 heteroatoms. The van der Waals surface area contributed by atoms with Crippen molar-refractivity contribution in [2.24, 2.45) is 0 Å². The second-order valence-electron chi connectivity index (χ2n) is 10.8. The summed E-state index contributed by atoms with van der Waals surface area (Å²) in [6.45, 7) is 10.9. The number of benzene rings is 1. The zero-order chi connectivity index (χ0) is 25.2. The van der Waals surface area contributed by atoms with Crippen molar-refractivity contribution >= 4 is 5.97 Å². The minimum atomic E-state index is -0.273. The van der Waals surface area contributed by atoms with E-state index in [-0.39, 0.29) is 17.8 Å². The largest absolute Gasteiger partial charge is 0.507 e. The van der Waals surface area contributed by atoms with Crippen LogP contribution in [-0.4, -0.2) is 17.7 Å². The van der Waals surface area contributed by atoms with Gasteiger partial charge in [-0.15, -0.1) is 0 Å². The van der Waals surface area contributed by atoms with E-state index in [0.717, 1.165) is 24.0 Å². The van der Waals surface area contributed by atoms with Crippen LogP contribution in [0.5, 0.6) is 5.75 Å². The summed E-state index contributed by atoms with van der Waals surface area (Å²) < 4.78 is 5.54. The molecule has 1 N–H and O–H groups in total. The van der Waals surface area contributed by atoms with Crippen LogP contribution in [0.25, 0.3) is 0 Å². The quantitative estimate of drug-likeness (QED) is 0.151. The Morgan fingerprint density at radius 3 is 1.38 bits per heavy atom. The molecule has 0 aliphatic carbocycles. The van der Waals surface area contributed by atoms with Gasteiger partial charge in [-0.3, -0.25) is 0 Å². The number of unbranched alkanes of at least 4 members (excludes halogenated alkanes) is 15. The molecule has 0 atom stereocenters. The van der Waals surface area contributed by atoms with Crippen molar-refractivity contribution in [2.75, 3.05) is 6.61 Å². The fraction of sp³-hybridized carbons (Fsp3) is 0.774. The van der Waals surface area contributed by atoms with E-state index in [9.17, 15) is 9.90 Å². The van der Waals surface area contributed by atoms with Crippen molar-refractivity contribution in [2.45, 2.75) is 149 Å². The summed E-state index contributed by atoms with van der Waals surface area (Å²) in [7, 11) is 0. The van der Waals surface area contributed by atoms with Crippen molar-refractivity contribution in [3.63, 3.8) is 0 Å². The number of esters is 1. The van der Waals surface area contributed by atoms with Gasteiger partial charge in [0.1, 0.15) is 5.75 Å². The van der Waals surface area contributed by atoms with Gasteiger partial charge >= 0.3 is 5.97 Å². The second kappa shape index (κ2) is 18.8. The molecule has 0 heterocycles. The third-order valence-electron chi connectivity index (χ3n) is 6.88. The highest BCUT2D eigenvalue weighted by atomic mass is 16.5. The van der Waals surface area contributed by atoms with E-state index in [1.54, 1.807) is 12.1 Å². The Kier molecular flexibility index (Phi) is 16.9. The predicted octanol–water partition coefficient (Wildman–Crippen LogP) is 10.1. The Bertz CT molecular complexity index is 634. The lowest BCUT2D eigenvalue weighted by atomic mass is 9.91. The zero-order valence-corrected chi connectivity index (χ0v) is 23.1. The molecule has 34 heavy (non-hydrogen) atoms. The first-order valence-electron chi connectivity index (χ1n) is 14.4. The molecule has 0 aliphatic heterocycles. The maximum Gasteiger partial charge on any atom is 0.338 e. The molecule has 1 aromatic rings. The van der Waals surface area contributed by atoms with E-state index in [1.807, 2.05) is 27.7 Å². The summed E-state index contributed by atoms with van der Waals surface area (Å²) >= 11 is 0. The Balaban J connectivity index is 2.08. The van der Waals surface area contributed by atoms with Crippen LogP contribution in [-0.2, 0) is 4.74 Å². The second-order valence-corrected chi connectivity index (χ2v) is 10.8. The SMILES string of the molecule is CCCCCCCCCCCCCCCCCCOC(=O)c1cc(C(C)C)c(O)c(C(C)C)c1. The Hall–Kier alpha value is -1.51. The zero-order valence-electron chi connectivity index (χ0n) is 23.1. The first-order valence-corrected chi connectivity index (χ1v) is 14.4. The van der Waals surface area contributed by atoms with Crippen LogP contribution >= 0.6 is 0 Å². The van der Waals surface area contributed by atoms with Crippen LogP contribution in [0.2, 0.25) is 0 Å². The smallest absolute Gasteiger partial charge is 0.338 e. The number of phenols is 1. The third-order valence-corrected chi connectivity index (χ3v) is 6.88. The molecule has 0 aromatic heterocycles. The molecule has 0 saturated heterocycles. The first kappa shape index (κ1) is 30.5. The van der Waals surface area contributed by atoms with Crippen LogP contribution in [0.1, 0.15) is 171 Å². The van der Waals surface area contributed by atoms with E-state index in [2.05, 4.69) is 6.92 Å². The fourth-order valence-electron chi connectivity index (χ4n) is 4.58. The van der Waals surface area contributed by atoms with Gasteiger partial charge in [-0.25, -0.2) is 4.79 Å². The number of hydrogen-bond donors (Lipinski definition) is 1. The summed E-state index contributed by atoms with van der Waals surface area (Å²) in [5.74, 6) is 0.361. The van der Waals surface area contributed by atoms with Gasteiger partial charge in [-0.2, -0.15) is 0 Å². The van der Waals surface area contributed by atoms with Gasteiger partial charge < -0.3 is 9.84 Å². The lowest BCUT2D eigenvalue weighted by Crippen LogP contribution is -2.09. The topological polar surface area (TPSA) is 46.5 Å². The molecular weight excluding hydrogens is 420 g/mol. The van der Waals surface area contributed by atoms with E-state index < -0.39 is 0 Å². The average Bonchev–Trinajstić information content (AvgIpc) is 2.80. The van der Waals surface area contributed by atoms with Gasteiger partial charge in [0.2, 0.25) is 0 Å². The molecule has 0 unspecified atom stereocenters. The highest BCUT2D eigenvalue weighted by Crippen LogP contribution is 2.35. The van der Waals surface area contributed by atoms with E-state index in [0.29, 0.717) is 17.9 Å². The molecule has 0 bridgehead atoms. The minimum absolute atomic E-state index is 0.158. The summed E-state index contributed by atoms with van der Waals surface area (Å²) in [6.07, 6.45) is 21.4. The maximum atomic E-state index is 12.6. The maximum absolute atomic E-state index is 12.6. The molecule has 0 radical (unpaired) electrons. The Morgan fingerprint density at radius 1 is 0.676 bits per heavy atom. The molecule has 0 spiro atoms. The normalized spacial score (nSPS) is 11.5. The summed E-state index contributed by atoms with van der Waals surface area (Å²) in [6, 6.07) is 3.59.